The number of fused-ring (bicyclic) bond motifs is 1. The summed E-state index contributed by atoms with van der Waals surface area (Å²) < 4.78 is 1.05. The van der Waals surface area contributed by atoms with Crippen LogP contribution >= 0.6 is 34.7 Å². The molecule has 1 fully saturated rings. The average molecular weight is 1850 g/mol. The number of aryl methyl sites for hydroxylation is 1. The van der Waals surface area contributed by atoms with Gasteiger partial charge in [0.2, 0.25) is 82.7 Å². The number of primary amides is 1. The SMILES string of the molecule is CCC/C=C1/C(=O)N(C)CC(=O)N[C@@H](CC(=O)O)C(=O)N[C@@H](C(C)C)C(=O)N(C)[C@@H](Cc2ccccc2)C(=O)N[C@@H](Cc2ccc(O)cc2)C(=O)N(C)CC(=O)NCC(=O)N[C@@H](Cc2ccc(O)cc2)C(=O)N[C@@H](CC(C)C)C(=O)N[C@H](C(=O)NCC(N)=O)CSCC(=O)N[C@@H](Cc2ccc(Cl)cc2)C(=O)N(C)[C@@H](CC2C=CC=C(c3ccc4c(C)csc4c3)C2)C(=O)N1C. The van der Waals surface area contributed by atoms with Gasteiger partial charge < -0.3 is 93.4 Å². The van der Waals surface area contributed by atoms with Crippen LogP contribution in [0.15, 0.2) is 157 Å². The molecule has 0 spiro atoms. The Labute approximate surface area is 768 Å². The molecule has 0 saturated carbocycles. The lowest BCUT2D eigenvalue weighted by molar-refractivity contribution is -0.146. The molecule has 0 bridgehead atoms. The van der Waals surface area contributed by atoms with Crippen molar-refractivity contribution in [2.45, 2.75) is 160 Å². The number of unbranched alkanes of at least 4 members (excludes halogenated alkanes) is 1. The summed E-state index contributed by atoms with van der Waals surface area (Å²) in [5.74, 6) is -18.2. The highest BCUT2D eigenvalue weighted by Gasteiger charge is 2.42. The fourth-order valence-corrected chi connectivity index (χ4v) is 16.8. The van der Waals surface area contributed by atoms with Crippen LogP contribution in [0.2, 0.25) is 5.02 Å². The number of carbonyl (C=O) groups is 16. The van der Waals surface area contributed by atoms with Gasteiger partial charge in [0.05, 0.1) is 38.4 Å². The van der Waals surface area contributed by atoms with Crippen molar-refractivity contribution in [1.29, 1.82) is 0 Å². The van der Waals surface area contributed by atoms with Crippen LogP contribution in [-0.4, -0.2) is 262 Å². The van der Waals surface area contributed by atoms with Crippen molar-refractivity contribution in [2.24, 2.45) is 23.5 Å². The molecule has 696 valence electrons. The Morgan fingerprint density at radius 1 is 0.600 bits per heavy atom. The second-order valence-electron chi connectivity index (χ2n) is 33.2. The van der Waals surface area contributed by atoms with Crippen molar-refractivity contribution in [2.75, 3.05) is 72.9 Å². The molecule has 14 N–H and O–H groups in total. The number of phenols is 2. The molecule has 10 atom stereocenters. The van der Waals surface area contributed by atoms with Gasteiger partial charge in [-0.2, -0.15) is 0 Å². The summed E-state index contributed by atoms with van der Waals surface area (Å²) in [6, 6.07) is 18.2. The number of hydrogen-bond donors (Lipinski definition) is 13. The highest BCUT2D eigenvalue weighted by atomic mass is 35.5. The summed E-state index contributed by atoms with van der Waals surface area (Å²) in [5, 5.41) is 57.5. The van der Waals surface area contributed by atoms with Gasteiger partial charge in [0.1, 0.15) is 71.6 Å². The lowest BCUT2D eigenvalue weighted by atomic mass is 9.85. The molecule has 0 radical (unpaired) electrons. The van der Waals surface area contributed by atoms with E-state index in [4.69, 9.17) is 17.3 Å². The number of benzene rings is 5. The maximum atomic E-state index is 16.0. The Kier molecular flexibility index (Phi) is 38.6. The molecule has 2 aliphatic rings. The van der Waals surface area contributed by atoms with Gasteiger partial charge in [-0.3, -0.25) is 76.7 Å². The molecule has 1 aliphatic carbocycles. The minimum absolute atomic E-state index is 0.0746. The van der Waals surface area contributed by atoms with Crippen LogP contribution in [0.5, 0.6) is 11.5 Å². The summed E-state index contributed by atoms with van der Waals surface area (Å²) in [7, 11) is 6.44. The molecule has 34 nitrogen and oxygen atoms in total. The monoisotopic (exact) mass is 1850 g/mol. The second kappa shape index (κ2) is 49.0. The first-order valence-electron chi connectivity index (χ1n) is 42.6. The van der Waals surface area contributed by atoms with E-state index in [1.54, 1.807) is 93.6 Å². The zero-order chi connectivity index (χ0) is 95.3. The molecule has 5 aromatic carbocycles. The zero-order valence-corrected chi connectivity index (χ0v) is 76.9. The number of nitrogens with two attached hydrogens (primary N) is 1. The van der Waals surface area contributed by atoms with E-state index in [1.165, 1.54) is 94.7 Å². The van der Waals surface area contributed by atoms with E-state index in [0.717, 1.165) is 58.1 Å². The number of halogens is 1. The summed E-state index contributed by atoms with van der Waals surface area (Å²) in [4.78, 5) is 238. The molecule has 6 aromatic rings. The van der Waals surface area contributed by atoms with Crippen molar-refractivity contribution in [3.05, 3.63) is 195 Å². The van der Waals surface area contributed by atoms with E-state index in [-0.39, 0.29) is 68.1 Å². The third-order valence-corrected chi connectivity index (χ3v) is 24.3. The Hall–Kier alpha value is -13.0. The topological polar surface area (TPSA) is 484 Å². The third kappa shape index (κ3) is 30.6. The summed E-state index contributed by atoms with van der Waals surface area (Å²) >= 11 is 8.78. The highest BCUT2D eigenvalue weighted by molar-refractivity contribution is 8.00. The molecule has 130 heavy (non-hydrogen) atoms. The number of hydrogen-bond acceptors (Lipinski definition) is 20. The number of thiophene rings is 1. The van der Waals surface area contributed by atoms with Crippen LogP contribution in [-0.2, 0) is 102 Å². The van der Waals surface area contributed by atoms with Crippen LogP contribution in [0.4, 0.5) is 0 Å². The molecular formula is C93H116ClN15O19S2. The van der Waals surface area contributed by atoms with E-state index < -0.39 is 205 Å². The van der Waals surface area contributed by atoms with Gasteiger partial charge in [0.25, 0.3) is 5.91 Å². The van der Waals surface area contributed by atoms with Gasteiger partial charge in [-0.15, -0.1) is 23.1 Å². The van der Waals surface area contributed by atoms with E-state index in [1.807, 2.05) is 44.2 Å². The highest BCUT2D eigenvalue weighted by Crippen LogP contribution is 2.36. The Bertz CT molecular complexity index is 5190. The summed E-state index contributed by atoms with van der Waals surface area (Å²) in [5.41, 5.74) is 9.96. The second-order valence-corrected chi connectivity index (χ2v) is 35.6. The molecule has 1 saturated heterocycles. The van der Waals surface area contributed by atoms with Gasteiger partial charge in [-0.25, -0.2) is 0 Å². The quantitative estimate of drug-likeness (QED) is 0.0446. The number of carboxylic acid groups (broad SMARTS) is 1. The predicted octanol–water partition coefficient (Wildman–Crippen LogP) is 4.34. The third-order valence-electron chi connectivity index (χ3n) is 22.0. The van der Waals surface area contributed by atoms with Crippen LogP contribution < -0.4 is 53.6 Å². The smallest absolute Gasteiger partial charge is 0.305 e. The van der Waals surface area contributed by atoms with Crippen LogP contribution in [0.25, 0.3) is 15.7 Å². The van der Waals surface area contributed by atoms with E-state index in [2.05, 4.69) is 59.3 Å². The number of rotatable bonds is 21. The minimum atomic E-state index is -1.92. The number of aliphatic carboxylic acids is 1. The molecule has 15 amide bonds. The number of allylic oxidation sites excluding steroid dienone is 5. The van der Waals surface area contributed by atoms with Crippen LogP contribution in [0.1, 0.15) is 107 Å². The number of amides is 15. The molecule has 1 unspecified atom stereocenters. The Morgan fingerprint density at radius 3 is 1.77 bits per heavy atom. The molecule has 1 aromatic heterocycles. The normalized spacial score (nSPS) is 22.2. The lowest BCUT2D eigenvalue weighted by Crippen LogP contribution is -2.61. The fourth-order valence-electron chi connectivity index (χ4n) is 14.8. The lowest BCUT2D eigenvalue weighted by Gasteiger charge is -2.36. The van der Waals surface area contributed by atoms with Gasteiger partial charge in [0, 0.05) is 76.4 Å². The number of likely N-dealkylation sites (N-methyl/N-ethyl adjacent to an activating group) is 5. The number of thioether (sulfide) groups is 1. The number of carbonyl (C=O) groups excluding carboxylic acids is 15. The van der Waals surface area contributed by atoms with E-state index in [9.17, 15) is 68.1 Å². The Morgan fingerprint density at radius 2 is 1.16 bits per heavy atom. The predicted molar refractivity (Wildman–Crippen MR) is 492 cm³/mol. The van der Waals surface area contributed by atoms with Crippen LogP contribution in [0.3, 0.4) is 0 Å². The number of carboxylic acids is 1. The van der Waals surface area contributed by atoms with Gasteiger partial charge in [-0.1, -0.05) is 156 Å². The maximum Gasteiger partial charge on any atom is 0.305 e. The molecule has 8 rings (SSSR count). The molecule has 1 aliphatic heterocycles. The minimum Gasteiger partial charge on any atom is -0.508 e. The van der Waals surface area contributed by atoms with Gasteiger partial charge in [0.15, 0.2) is 0 Å². The number of nitrogens with zero attached hydrogens (tertiary/aromatic N) is 5. The van der Waals surface area contributed by atoms with Crippen molar-refractivity contribution < 1.29 is 92.0 Å². The molecule has 2 heterocycles. The van der Waals surface area contributed by atoms with Crippen molar-refractivity contribution in [3.8, 4) is 11.5 Å². The number of phenolic OH excluding ortho intramolecular Hbond substituents is 2. The molecule has 37 heteroatoms. The van der Waals surface area contributed by atoms with E-state index >= 15 is 24.0 Å². The fraction of sp³-hybridized carbons (Fsp3) is 0.419. The number of nitrogens with one attached hydrogen (secondary N) is 9. The van der Waals surface area contributed by atoms with Crippen molar-refractivity contribution in [3.63, 3.8) is 0 Å². The first-order chi connectivity index (χ1) is 61.7. The summed E-state index contributed by atoms with van der Waals surface area (Å²) in [6.45, 7) is 7.31. The first-order valence-corrected chi connectivity index (χ1v) is 45.0. The van der Waals surface area contributed by atoms with Crippen molar-refractivity contribution >= 4 is 145 Å². The first kappa shape index (κ1) is 102. The molecular weight excluding hydrogens is 1730 g/mol. The van der Waals surface area contributed by atoms with Crippen molar-refractivity contribution in [1.82, 2.24) is 72.4 Å². The van der Waals surface area contributed by atoms with Crippen LogP contribution in [0, 0.1) is 24.7 Å². The van der Waals surface area contributed by atoms with Gasteiger partial charge in [-0.05, 0) is 143 Å². The van der Waals surface area contributed by atoms with E-state index in [0.29, 0.717) is 40.1 Å². The average Bonchev–Trinajstić information content (AvgIpc) is 1.63. The zero-order valence-electron chi connectivity index (χ0n) is 74.6. The summed E-state index contributed by atoms with van der Waals surface area (Å²) in [6.07, 6.45) is 6.02. The standard InChI is InChI=1S/C93H116ClN15O19S2/c1-12-13-22-73-91(126)106(8)49-80(115)99-69(45-82(117)118)87(122)104-83(54(4)5)93(128)108(10)74(42-56-18-15-14-16-19-56)88(123)102-70(40-59-27-34-65(111)35-28-59)89(124)105(7)48-79(114)96-47-78(113)98-68(39-58-25-32-64(110)33-26-58)86(121)101-67(37-53(2)3)85(120)103-72(84(119)97-46-77(95)112)51-129-52-81(116)100-71(41-57-23-30-63(94)31-24-57)90(125)109(11)75(92(127)107(73)9)43-60-20-17-21-61(38-60)62-29-36-66-55(6)50-130-76(66)44-62/h14-36,44,50,53-54,60,67-72,74-75,83,110-111H,12-13,37-43,45-49,51-52H2,1-11H3,(H2,95,112)(H,96,114)(H,97,119)(H,98,113)(H,99,115)(H,100,116)(H,101,121)(H,102,123)(H,103,120)(H,104,122)(H,117,118)/b73-22-/t60?,67-,68-,69-,70-,71-,72-,74-,75-,83-/m0/s1. The maximum absolute atomic E-state index is 16.0. The van der Waals surface area contributed by atoms with Gasteiger partial charge >= 0.3 is 5.97 Å². The Balaban J connectivity index is 1.19. The number of aromatic hydroxyl groups is 2. The largest absolute Gasteiger partial charge is 0.508 e.